The summed E-state index contributed by atoms with van der Waals surface area (Å²) in [7, 11) is 3.99. The van der Waals surface area contributed by atoms with Crippen LogP contribution >= 0.6 is 0 Å². The lowest BCUT2D eigenvalue weighted by Crippen LogP contribution is -2.31. The zero-order valence-corrected chi connectivity index (χ0v) is 9.50. The second-order valence-electron chi connectivity index (χ2n) is 3.81. The van der Waals surface area contributed by atoms with Gasteiger partial charge in [0.2, 0.25) is 0 Å². The molecule has 0 aliphatic rings. The Labute approximate surface area is 90.3 Å². The highest BCUT2D eigenvalue weighted by Crippen LogP contribution is 2.13. The summed E-state index contributed by atoms with van der Waals surface area (Å²) in [5, 5.41) is 3.31. The van der Waals surface area contributed by atoms with Crippen molar-refractivity contribution in [3.05, 3.63) is 29.8 Å². The molecule has 1 atom stereocenters. The second-order valence-corrected chi connectivity index (χ2v) is 3.81. The minimum Gasteiger partial charge on any atom is -0.309 e. The first-order valence-electron chi connectivity index (χ1n) is 5.12. The average Bonchev–Trinajstić information content (AvgIpc) is 2.16. The second kappa shape index (κ2) is 5.78. The predicted molar refractivity (Wildman–Crippen MR) is 59.2 cm³/mol. The number of pyridine rings is 1. The van der Waals surface area contributed by atoms with Crippen LogP contribution < -0.4 is 5.32 Å². The third-order valence-corrected chi connectivity index (χ3v) is 2.13. The molecule has 0 saturated carbocycles. The van der Waals surface area contributed by atoms with Crippen molar-refractivity contribution in [3.63, 3.8) is 0 Å². The number of halogens is 1. The Morgan fingerprint density at radius 3 is 2.73 bits per heavy atom. The van der Waals surface area contributed by atoms with Crippen molar-refractivity contribution in [1.29, 1.82) is 0 Å². The first-order valence-corrected chi connectivity index (χ1v) is 5.12. The number of hydrogen-bond acceptors (Lipinski definition) is 3. The molecule has 0 aliphatic heterocycles. The predicted octanol–water partition coefficient (Wildman–Crippen LogP) is 1.43. The topological polar surface area (TPSA) is 28.2 Å². The molecule has 4 heteroatoms. The van der Waals surface area contributed by atoms with Gasteiger partial charge in [-0.1, -0.05) is 6.92 Å². The maximum atomic E-state index is 13.0. The Morgan fingerprint density at radius 1 is 1.47 bits per heavy atom. The van der Waals surface area contributed by atoms with Gasteiger partial charge >= 0.3 is 0 Å². The van der Waals surface area contributed by atoms with Crippen LogP contribution in [0.15, 0.2) is 18.5 Å². The van der Waals surface area contributed by atoms with Gasteiger partial charge in [-0.2, -0.15) is 0 Å². The fraction of sp³-hybridized carbons (Fsp3) is 0.545. The molecule has 15 heavy (non-hydrogen) atoms. The molecule has 3 nitrogen and oxygen atoms in total. The van der Waals surface area contributed by atoms with E-state index < -0.39 is 0 Å². The third-order valence-electron chi connectivity index (χ3n) is 2.13. The molecule has 0 aliphatic carbocycles. The van der Waals surface area contributed by atoms with Crippen molar-refractivity contribution >= 4 is 0 Å². The van der Waals surface area contributed by atoms with E-state index in [1.54, 1.807) is 6.20 Å². The van der Waals surface area contributed by atoms with Crippen LogP contribution in [0.25, 0.3) is 0 Å². The number of nitrogens with zero attached hydrogens (tertiary/aromatic N) is 2. The first-order chi connectivity index (χ1) is 7.13. The lowest BCUT2D eigenvalue weighted by Gasteiger charge is -2.21. The summed E-state index contributed by atoms with van der Waals surface area (Å²) in [4.78, 5) is 5.93. The molecule has 0 aromatic carbocycles. The number of rotatable bonds is 5. The SMILES string of the molecule is CCNC(CN(C)C)c1cncc(F)c1. The van der Waals surface area contributed by atoms with Crippen LogP contribution in [-0.2, 0) is 0 Å². The minimum absolute atomic E-state index is 0.133. The first kappa shape index (κ1) is 12.1. The molecule has 1 N–H and O–H groups in total. The molecule has 0 bridgehead atoms. The van der Waals surface area contributed by atoms with E-state index in [0.29, 0.717) is 0 Å². The highest BCUT2D eigenvalue weighted by atomic mass is 19.1. The van der Waals surface area contributed by atoms with Crippen LogP contribution in [0.5, 0.6) is 0 Å². The highest BCUT2D eigenvalue weighted by Gasteiger charge is 2.11. The summed E-state index contributed by atoms with van der Waals surface area (Å²) in [6.45, 7) is 3.73. The largest absolute Gasteiger partial charge is 0.309 e. The van der Waals surface area contributed by atoms with E-state index in [2.05, 4.69) is 15.2 Å². The molecule has 1 heterocycles. The summed E-state index contributed by atoms with van der Waals surface area (Å²) >= 11 is 0. The molecule has 1 unspecified atom stereocenters. The summed E-state index contributed by atoms with van der Waals surface area (Å²) in [5.74, 6) is -0.283. The molecule has 0 saturated heterocycles. The molecule has 0 fully saturated rings. The Morgan fingerprint density at radius 2 is 2.20 bits per heavy atom. The number of nitrogens with one attached hydrogen (secondary N) is 1. The highest BCUT2D eigenvalue weighted by molar-refractivity contribution is 5.15. The van der Waals surface area contributed by atoms with Gasteiger partial charge in [0.25, 0.3) is 0 Å². The molecule has 0 amide bonds. The van der Waals surface area contributed by atoms with Crippen LogP contribution in [0, 0.1) is 5.82 Å². The van der Waals surface area contributed by atoms with Crippen molar-refractivity contribution in [2.45, 2.75) is 13.0 Å². The monoisotopic (exact) mass is 211 g/mol. The molecule has 1 aromatic rings. The van der Waals surface area contributed by atoms with Gasteiger partial charge in [-0.05, 0) is 32.3 Å². The fourth-order valence-corrected chi connectivity index (χ4v) is 1.52. The zero-order valence-electron chi connectivity index (χ0n) is 9.50. The van der Waals surface area contributed by atoms with Gasteiger partial charge in [-0.25, -0.2) is 4.39 Å². The normalized spacial score (nSPS) is 13.1. The van der Waals surface area contributed by atoms with Gasteiger partial charge < -0.3 is 10.2 Å². The molecule has 0 radical (unpaired) electrons. The molecule has 0 spiro atoms. The van der Waals surface area contributed by atoms with E-state index in [4.69, 9.17) is 0 Å². The van der Waals surface area contributed by atoms with Gasteiger partial charge in [0.15, 0.2) is 0 Å². The molecule has 1 rings (SSSR count). The van der Waals surface area contributed by atoms with Crippen molar-refractivity contribution in [2.24, 2.45) is 0 Å². The standard InChI is InChI=1S/C11H18FN3/c1-4-14-11(8-15(2)3)9-5-10(12)7-13-6-9/h5-7,11,14H,4,8H2,1-3H3. The quantitative estimate of drug-likeness (QED) is 0.798. The molecular formula is C11H18FN3. The van der Waals surface area contributed by atoms with Crippen LogP contribution in [0.3, 0.4) is 0 Å². The van der Waals surface area contributed by atoms with E-state index in [9.17, 15) is 4.39 Å². The van der Waals surface area contributed by atoms with E-state index in [-0.39, 0.29) is 11.9 Å². The molecular weight excluding hydrogens is 193 g/mol. The summed E-state index contributed by atoms with van der Waals surface area (Å²) in [5.41, 5.74) is 0.894. The summed E-state index contributed by atoms with van der Waals surface area (Å²) in [6, 6.07) is 1.66. The van der Waals surface area contributed by atoms with Gasteiger partial charge in [0, 0.05) is 18.8 Å². The number of hydrogen-bond donors (Lipinski definition) is 1. The van der Waals surface area contributed by atoms with Gasteiger partial charge in [0.05, 0.1) is 6.20 Å². The maximum absolute atomic E-state index is 13.0. The minimum atomic E-state index is -0.283. The van der Waals surface area contributed by atoms with E-state index in [1.807, 2.05) is 21.0 Å². The average molecular weight is 211 g/mol. The summed E-state index contributed by atoms with van der Waals surface area (Å²) < 4.78 is 13.0. The Kier molecular flexibility index (Phi) is 4.65. The van der Waals surface area contributed by atoms with Gasteiger partial charge in [-0.15, -0.1) is 0 Å². The van der Waals surface area contributed by atoms with Crippen LogP contribution in [-0.4, -0.2) is 37.1 Å². The Bertz CT molecular complexity index is 302. The van der Waals surface area contributed by atoms with Gasteiger partial charge in [0.1, 0.15) is 5.82 Å². The summed E-state index contributed by atoms with van der Waals surface area (Å²) in [6.07, 6.45) is 2.93. The van der Waals surface area contributed by atoms with E-state index in [1.165, 1.54) is 12.3 Å². The lowest BCUT2D eigenvalue weighted by molar-refractivity contribution is 0.344. The Hall–Kier alpha value is -1.00. The van der Waals surface area contributed by atoms with Crippen molar-refractivity contribution in [3.8, 4) is 0 Å². The number of likely N-dealkylation sites (N-methyl/N-ethyl adjacent to an activating group) is 2. The zero-order chi connectivity index (χ0) is 11.3. The Balaban J connectivity index is 2.78. The van der Waals surface area contributed by atoms with Crippen molar-refractivity contribution < 1.29 is 4.39 Å². The lowest BCUT2D eigenvalue weighted by atomic mass is 10.1. The third kappa shape index (κ3) is 3.93. The number of aromatic nitrogens is 1. The van der Waals surface area contributed by atoms with Crippen LogP contribution in [0.2, 0.25) is 0 Å². The molecule has 1 aromatic heterocycles. The van der Waals surface area contributed by atoms with Crippen molar-refractivity contribution in [1.82, 2.24) is 15.2 Å². The molecule has 84 valence electrons. The fourth-order valence-electron chi connectivity index (χ4n) is 1.52. The smallest absolute Gasteiger partial charge is 0.141 e. The van der Waals surface area contributed by atoms with Crippen LogP contribution in [0.1, 0.15) is 18.5 Å². The van der Waals surface area contributed by atoms with E-state index in [0.717, 1.165) is 18.7 Å². The van der Waals surface area contributed by atoms with E-state index >= 15 is 0 Å². The maximum Gasteiger partial charge on any atom is 0.141 e. The van der Waals surface area contributed by atoms with Crippen LogP contribution in [0.4, 0.5) is 4.39 Å². The van der Waals surface area contributed by atoms with Crippen molar-refractivity contribution in [2.75, 3.05) is 27.2 Å². The van der Waals surface area contributed by atoms with Gasteiger partial charge in [-0.3, -0.25) is 4.98 Å².